The Morgan fingerprint density at radius 1 is 0.323 bits per heavy atom. The number of esters is 3. The van der Waals surface area contributed by atoms with E-state index < -0.39 is 6.10 Å². The van der Waals surface area contributed by atoms with E-state index in [9.17, 15) is 14.4 Å². The van der Waals surface area contributed by atoms with E-state index in [1.54, 1.807) is 0 Å². The van der Waals surface area contributed by atoms with Crippen LogP contribution in [0, 0.1) is 0 Å². The zero-order valence-corrected chi connectivity index (χ0v) is 42.7. The van der Waals surface area contributed by atoms with Crippen molar-refractivity contribution in [1.29, 1.82) is 0 Å². The molecule has 0 aromatic heterocycles. The molecule has 0 bridgehead atoms. The largest absolute Gasteiger partial charge is 0.462 e. The van der Waals surface area contributed by atoms with Gasteiger partial charge in [-0.05, 0) is 77.0 Å². The number of carbonyl (C=O) groups excluding carboxylic acids is 3. The molecule has 374 valence electrons. The summed E-state index contributed by atoms with van der Waals surface area (Å²) in [5.74, 6) is -1.01. The maximum Gasteiger partial charge on any atom is 0.306 e. The molecule has 0 aromatic rings. The quantitative estimate of drug-likeness (QED) is 0.0262. The monoisotopic (exact) mass is 907 g/mol. The minimum absolute atomic E-state index is 0.109. The second-order valence-electron chi connectivity index (χ2n) is 18.1. The molecular weight excluding hydrogens is 805 g/mol. The molecule has 1 atom stereocenters. The van der Waals surface area contributed by atoms with Crippen LogP contribution in [0.4, 0.5) is 0 Å². The number of hydrogen-bond donors (Lipinski definition) is 0. The van der Waals surface area contributed by atoms with Crippen molar-refractivity contribution in [3.05, 3.63) is 72.9 Å². The van der Waals surface area contributed by atoms with Crippen LogP contribution in [-0.4, -0.2) is 37.2 Å². The van der Waals surface area contributed by atoms with Crippen molar-refractivity contribution in [1.82, 2.24) is 0 Å². The van der Waals surface area contributed by atoms with E-state index in [4.69, 9.17) is 14.2 Å². The van der Waals surface area contributed by atoms with Crippen LogP contribution in [0.3, 0.4) is 0 Å². The summed E-state index contributed by atoms with van der Waals surface area (Å²) in [7, 11) is 0. The molecule has 0 saturated carbocycles. The average Bonchev–Trinajstić information content (AvgIpc) is 3.30. The first-order valence-electron chi connectivity index (χ1n) is 27.4. The van der Waals surface area contributed by atoms with Gasteiger partial charge in [-0.15, -0.1) is 0 Å². The highest BCUT2D eigenvalue weighted by Gasteiger charge is 2.19. The van der Waals surface area contributed by atoms with E-state index in [-0.39, 0.29) is 44.0 Å². The second-order valence-corrected chi connectivity index (χ2v) is 18.1. The Kier molecular flexibility index (Phi) is 50.9. The van der Waals surface area contributed by atoms with Gasteiger partial charge in [-0.1, -0.05) is 241 Å². The summed E-state index contributed by atoms with van der Waals surface area (Å²) in [6.07, 6.45) is 67.7. The van der Waals surface area contributed by atoms with Gasteiger partial charge in [-0.3, -0.25) is 14.4 Å². The molecule has 0 aromatic carbocycles. The maximum absolute atomic E-state index is 12.8. The lowest BCUT2D eigenvalue weighted by Gasteiger charge is -2.18. The lowest BCUT2D eigenvalue weighted by molar-refractivity contribution is -0.167. The topological polar surface area (TPSA) is 78.9 Å². The predicted molar refractivity (Wildman–Crippen MR) is 279 cm³/mol. The van der Waals surface area contributed by atoms with Crippen molar-refractivity contribution in [3.63, 3.8) is 0 Å². The first-order chi connectivity index (χ1) is 32.0. The van der Waals surface area contributed by atoms with Gasteiger partial charge in [-0.2, -0.15) is 0 Å². The maximum atomic E-state index is 12.8. The van der Waals surface area contributed by atoms with Crippen molar-refractivity contribution >= 4 is 17.9 Å². The smallest absolute Gasteiger partial charge is 0.306 e. The molecule has 0 saturated heterocycles. The normalized spacial score (nSPS) is 12.6. The minimum atomic E-state index is -0.820. The average molecular weight is 907 g/mol. The Morgan fingerprint density at radius 2 is 0.615 bits per heavy atom. The summed E-state index contributed by atoms with van der Waals surface area (Å²) in [6.45, 7) is 6.44. The Labute approximate surface area is 402 Å². The Hall–Kier alpha value is -3.15. The summed E-state index contributed by atoms with van der Waals surface area (Å²) in [5.41, 5.74) is 0. The molecule has 0 fully saturated rings. The summed E-state index contributed by atoms with van der Waals surface area (Å²) in [4.78, 5) is 38.0. The zero-order chi connectivity index (χ0) is 47.2. The predicted octanol–water partition coefficient (Wildman–Crippen LogP) is 18.2. The van der Waals surface area contributed by atoms with Gasteiger partial charge in [0.05, 0.1) is 0 Å². The SMILES string of the molecule is CC/C=C\C/C=C\C/C=C\CCCC(=O)OCC(COC(=O)CCCCCCCCCCCCCCCCCCCCC)OC(=O)CCC/C=C\C/C=C\C/C=C\CCCCCCCC. The number of ether oxygens (including phenoxy) is 3. The molecule has 6 heteroatoms. The van der Waals surface area contributed by atoms with Gasteiger partial charge in [0.2, 0.25) is 0 Å². The van der Waals surface area contributed by atoms with E-state index in [0.717, 1.165) is 64.2 Å². The van der Waals surface area contributed by atoms with E-state index >= 15 is 0 Å². The van der Waals surface area contributed by atoms with E-state index in [1.807, 2.05) is 0 Å². The fourth-order valence-corrected chi connectivity index (χ4v) is 7.60. The third kappa shape index (κ3) is 51.7. The van der Waals surface area contributed by atoms with Gasteiger partial charge in [0.15, 0.2) is 6.10 Å². The van der Waals surface area contributed by atoms with Crippen LogP contribution in [-0.2, 0) is 28.6 Å². The molecule has 0 amide bonds. The number of unbranched alkanes of at least 4 members (excludes halogenated alkanes) is 26. The van der Waals surface area contributed by atoms with Gasteiger partial charge >= 0.3 is 17.9 Å². The van der Waals surface area contributed by atoms with Crippen molar-refractivity contribution in [2.75, 3.05) is 13.2 Å². The van der Waals surface area contributed by atoms with Crippen LogP contribution in [0.2, 0.25) is 0 Å². The first-order valence-corrected chi connectivity index (χ1v) is 27.4. The Balaban J connectivity index is 4.42. The standard InChI is InChI=1S/C59H102O6/c1-4-7-10-13-16-19-22-24-26-28-29-31-32-34-37-40-43-46-49-52-58(61)64-55-56(54-63-57(60)51-48-45-42-39-36-21-18-15-12-9-6-3)65-59(62)53-50-47-44-41-38-35-33-30-27-25-23-20-17-14-11-8-5-2/h9,12,18,21,25,27,33,35,39,41-42,44,56H,4-8,10-11,13-17,19-20,22-24,26,28-32,34,36-38,40,43,45-55H2,1-3H3/b12-9-,21-18-,27-25-,35-33-,42-39-,44-41-. The highest BCUT2D eigenvalue weighted by atomic mass is 16.6. The number of allylic oxidation sites excluding steroid dienone is 12. The molecule has 0 rings (SSSR count). The van der Waals surface area contributed by atoms with Crippen LogP contribution in [0.15, 0.2) is 72.9 Å². The lowest BCUT2D eigenvalue weighted by atomic mass is 10.0. The molecule has 0 heterocycles. The summed E-state index contributed by atoms with van der Waals surface area (Å²) < 4.78 is 16.7. The Bertz CT molecular complexity index is 1230. The minimum Gasteiger partial charge on any atom is -0.462 e. The third-order valence-electron chi connectivity index (χ3n) is 11.7. The van der Waals surface area contributed by atoms with Gasteiger partial charge < -0.3 is 14.2 Å². The first kappa shape index (κ1) is 61.9. The fourth-order valence-electron chi connectivity index (χ4n) is 7.60. The molecule has 0 radical (unpaired) electrons. The molecule has 65 heavy (non-hydrogen) atoms. The van der Waals surface area contributed by atoms with E-state index in [0.29, 0.717) is 19.3 Å². The molecule has 0 N–H and O–H groups in total. The zero-order valence-electron chi connectivity index (χ0n) is 42.7. The van der Waals surface area contributed by atoms with Crippen LogP contribution in [0.25, 0.3) is 0 Å². The van der Waals surface area contributed by atoms with Crippen molar-refractivity contribution in [2.45, 2.75) is 271 Å². The van der Waals surface area contributed by atoms with Crippen LogP contribution >= 0.6 is 0 Å². The van der Waals surface area contributed by atoms with Crippen molar-refractivity contribution in [2.24, 2.45) is 0 Å². The van der Waals surface area contributed by atoms with Crippen molar-refractivity contribution < 1.29 is 28.6 Å². The molecule has 0 aliphatic rings. The molecule has 1 unspecified atom stereocenters. The second kappa shape index (κ2) is 53.5. The summed E-state index contributed by atoms with van der Waals surface area (Å²) >= 11 is 0. The van der Waals surface area contributed by atoms with Gasteiger partial charge in [0, 0.05) is 19.3 Å². The van der Waals surface area contributed by atoms with E-state index in [2.05, 4.69) is 93.7 Å². The molecule has 0 spiro atoms. The third-order valence-corrected chi connectivity index (χ3v) is 11.7. The highest BCUT2D eigenvalue weighted by molar-refractivity contribution is 5.71. The summed E-state index contributed by atoms with van der Waals surface area (Å²) in [5, 5.41) is 0. The highest BCUT2D eigenvalue weighted by Crippen LogP contribution is 2.16. The van der Waals surface area contributed by atoms with Crippen LogP contribution in [0.1, 0.15) is 265 Å². The van der Waals surface area contributed by atoms with Gasteiger partial charge in [0.1, 0.15) is 13.2 Å². The van der Waals surface area contributed by atoms with Crippen molar-refractivity contribution in [3.8, 4) is 0 Å². The Morgan fingerprint density at radius 3 is 1.00 bits per heavy atom. The fraction of sp³-hybridized carbons (Fsp3) is 0.746. The molecule has 0 aliphatic carbocycles. The van der Waals surface area contributed by atoms with Gasteiger partial charge in [-0.25, -0.2) is 0 Å². The van der Waals surface area contributed by atoms with Crippen LogP contribution in [0.5, 0.6) is 0 Å². The molecular formula is C59H102O6. The lowest BCUT2D eigenvalue weighted by Crippen LogP contribution is -2.30. The summed E-state index contributed by atoms with van der Waals surface area (Å²) in [6, 6.07) is 0. The number of hydrogen-bond acceptors (Lipinski definition) is 6. The number of carbonyl (C=O) groups is 3. The molecule has 0 aliphatic heterocycles. The van der Waals surface area contributed by atoms with Crippen LogP contribution < -0.4 is 0 Å². The van der Waals surface area contributed by atoms with E-state index in [1.165, 1.54) is 148 Å². The molecule has 6 nitrogen and oxygen atoms in total. The number of rotatable bonds is 49. The van der Waals surface area contributed by atoms with Gasteiger partial charge in [0.25, 0.3) is 0 Å².